The molecule has 0 saturated carbocycles. The second-order valence-electron chi connectivity index (χ2n) is 2.68. The van der Waals surface area contributed by atoms with Crippen molar-refractivity contribution < 1.29 is 18.3 Å². The number of hydrogen-bond donors (Lipinski definition) is 2. The zero-order chi connectivity index (χ0) is 10.8. The summed E-state index contributed by atoms with van der Waals surface area (Å²) in [6.45, 7) is 1.59. The van der Waals surface area contributed by atoms with E-state index in [1.54, 1.807) is 19.1 Å². The van der Waals surface area contributed by atoms with Crippen LogP contribution in [0.4, 0.5) is 4.79 Å². The molecule has 1 aromatic carbocycles. The molecule has 1 aromatic rings. The summed E-state index contributed by atoms with van der Waals surface area (Å²) in [6, 6.07) is 6.15. The molecule has 14 heavy (non-hydrogen) atoms. The third-order valence-corrected chi connectivity index (χ3v) is 3.09. The molecule has 6 heteroatoms. The first-order valence-corrected chi connectivity index (χ1v) is 5.23. The summed E-state index contributed by atoms with van der Waals surface area (Å²) >= 11 is 0. The topological polar surface area (TPSA) is 83.5 Å². The van der Waals surface area contributed by atoms with Crippen LogP contribution in [-0.2, 0) is 10.0 Å². The average Bonchev–Trinajstić information content (AvgIpc) is 2.02. The lowest BCUT2D eigenvalue weighted by Crippen LogP contribution is -2.29. The summed E-state index contributed by atoms with van der Waals surface area (Å²) < 4.78 is 24.2. The van der Waals surface area contributed by atoms with Gasteiger partial charge < -0.3 is 5.11 Å². The number of nitrogens with one attached hydrogen (secondary N) is 1. The van der Waals surface area contributed by atoms with Crippen molar-refractivity contribution in [2.45, 2.75) is 11.8 Å². The summed E-state index contributed by atoms with van der Waals surface area (Å²) in [5.41, 5.74) is 0.501. The van der Waals surface area contributed by atoms with Crippen molar-refractivity contribution in [1.82, 2.24) is 4.72 Å². The van der Waals surface area contributed by atoms with Crippen molar-refractivity contribution in [1.29, 1.82) is 0 Å². The Morgan fingerprint density at radius 1 is 1.36 bits per heavy atom. The Bertz CT molecular complexity index is 452. The molecule has 5 nitrogen and oxygen atoms in total. The molecule has 0 saturated heterocycles. The normalized spacial score (nSPS) is 10.9. The SMILES string of the molecule is Cc1ccccc1S(=O)(=O)NC(=O)O. The van der Waals surface area contributed by atoms with Gasteiger partial charge in [0.25, 0.3) is 10.0 Å². The Kier molecular flexibility index (Phi) is 2.76. The van der Waals surface area contributed by atoms with E-state index in [2.05, 4.69) is 0 Å². The quantitative estimate of drug-likeness (QED) is 0.769. The molecule has 0 aliphatic carbocycles. The van der Waals surface area contributed by atoms with Gasteiger partial charge in [-0.15, -0.1) is 0 Å². The maximum atomic E-state index is 11.4. The molecule has 0 radical (unpaired) electrons. The zero-order valence-corrected chi connectivity index (χ0v) is 8.21. The second-order valence-corrected chi connectivity index (χ2v) is 4.33. The van der Waals surface area contributed by atoms with E-state index in [-0.39, 0.29) is 4.90 Å². The van der Waals surface area contributed by atoms with Crippen molar-refractivity contribution in [3.63, 3.8) is 0 Å². The molecular formula is C8H9NO4S. The molecule has 0 spiro atoms. The summed E-state index contributed by atoms with van der Waals surface area (Å²) in [7, 11) is -3.94. The molecule has 1 rings (SSSR count). The zero-order valence-electron chi connectivity index (χ0n) is 7.39. The first kappa shape index (κ1) is 10.5. The summed E-state index contributed by atoms with van der Waals surface area (Å²) in [5, 5.41) is 8.31. The van der Waals surface area contributed by atoms with Crippen LogP contribution in [0.3, 0.4) is 0 Å². The van der Waals surface area contributed by atoms with Crippen LogP contribution in [-0.4, -0.2) is 19.6 Å². The van der Waals surface area contributed by atoms with Crippen LogP contribution in [0.2, 0.25) is 0 Å². The first-order valence-electron chi connectivity index (χ1n) is 3.75. The number of carboxylic acid groups (broad SMARTS) is 1. The van der Waals surface area contributed by atoms with Crippen molar-refractivity contribution in [2.24, 2.45) is 0 Å². The van der Waals surface area contributed by atoms with Gasteiger partial charge in [0, 0.05) is 0 Å². The number of amides is 1. The van der Waals surface area contributed by atoms with Crippen LogP contribution in [0.5, 0.6) is 0 Å². The molecule has 0 unspecified atom stereocenters. The number of benzene rings is 1. The maximum absolute atomic E-state index is 11.4. The number of sulfonamides is 1. The van der Waals surface area contributed by atoms with Crippen LogP contribution in [0.15, 0.2) is 29.2 Å². The standard InChI is InChI=1S/C8H9NO4S/c1-6-4-2-3-5-7(6)14(12,13)9-8(10)11/h2-5,9H,1H3,(H,10,11). The summed E-state index contributed by atoms with van der Waals surface area (Å²) in [4.78, 5) is 10.2. The highest BCUT2D eigenvalue weighted by atomic mass is 32.2. The molecule has 0 atom stereocenters. The lowest BCUT2D eigenvalue weighted by Gasteiger charge is -2.05. The predicted octanol–water partition coefficient (Wildman–Crippen LogP) is 0.951. The van der Waals surface area contributed by atoms with E-state index in [0.29, 0.717) is 5.56 Å². The van der Waals surface area contributed by atoms with Crippen molar-refractivity contribution in [3.8, 4) is 0 Å². The van der Waals surface area contributed by atoms with Crippen LogP contribution < -0.4 is 4.72 Å². The van der Waals surface area contributed by atoms with E-state index in [1.165, 1.54) is 16.9 Å². The van der Waals surface area contributed by atoms with Crippen LogP contribution in [0.25, 0.3) is 0 Å². The van der Waals surface area contributed by atoms with E-state index >= 15 is 0 Å². The number of carbonyl (C=O) groups is 1. The number of aryl methyl sites for hydroxylation is 1. The molecule has 1 amide bonds. The Morgan fingerprint density at radius 2 is 1.93 bits per heavy atom. The Labute approximate surface area is 81.4 Å². The van der Waals surface area contributed by atoms with Gasteiger partial charge in [-0.05, 0) is 18.6 Å². The monoisotopic (exact) mass is 215 g/mol. The molecule has 0 heterocycles. The third-order valence-electron chi connectivity index (χ3n) is 1.60. The van der Waals surface area contributed by atoms with Gasteiger partial charge in [-0.3, -0.25) is 0 Å². The Balaban J connectivity index is 3.17. The highest BCUT2D eigenvalue weighted by Gasteiger charge is 2.18. The van der Waals surface area contributed by atoms with Gasteiger partial charge >= 0.3 is 6.09 Å². The fraction of sp³-hybridized carbons (Fsp3) is 0.125. The van der Waals surface area contributed by atoms with Gasteiger partial charge in [0.2, 0.25) is 0 Å². The highest BCUT2D eigenvalue weighted by molar-refractivity contribution is 7.90. The van der Waals surface area contributed by atoms with E-state index in [1.807, 2.05) is 0 Å². The number of hydrogen-bond acceptors (Lipinski definition) is 3. The second kappa shape index (κ2) is 3.67. The molecule has 2 N–H and O–H groups in total. The summed E-state index contributed by atoms with van der Waals surface area (Å²) in [5.74, 6) is 0. The minimum Gasteiger partial charge on any atom is -0.464 e. The average molecular weight is 215 g/mol. The number of rotatable bonds is 2. The lowest BCUT2D eigenvalue weighted by atomic mass is 10.2. The van der Waals surface area contributed by atoms with Crippen molar-refractivity contribution in [3.05, 3.63) is 29.8 Å². The largest absolute Gasteiger partial charge is 0.464 e. The Morgan fingerprint density at radius 3 is 2.43 bits per heavy atom. The predicted molar refractivity (Wildman–Crippen MR) is 49.5 cm³/mol. The molecule has 0 aromatic heterocycles. The van der Waals surface area contributed by atoms with Gasteiger partial charge in [-0.2, -0.15) is 0 Å². The van der Waals surface area contributed by atoms with Crippen molar-refractivity contribution in [2.75, 3.05) is 0 Å². The Hall–Kier alpha value is -1.56. The van der Waals surface area contributed by atoms with Crippen LogP contribution in [0.1, 0.15) is 5.56 Å². The van der Waals surface area contributed by atoms with Gasteiger partial charge in [0.15, 0.2) is 0 Å². The highest BCUT2D eigenvalue weighted by Crippen LogP contribution is 2.13. The fourth-order valence-corrected chi connectivity index (χ4v) is 2.12. The van der Waals surface area contributed by atoms with E-state index in [4.69, 9.17) is 5.11 Å². The van der Waals surface area contributed by atoms with Gasteiger partial charge in [0.1, 0.15) is 0 Å². The van der Waals surface area contributed by atoms with Gasteiger partial charge in [-0.1, -0.05) is 18.2 Å². The minimum atomic E-state index is -3.94. The van der Waals surface area contributed by atoms with E-state index < -0.39 is 16.1 Å². The van der Waals surface area contributed by atoms with Crippen molar-refractivity contribution >= 4 is 16.1 Å². The minimum absolute atomic E-state index is 0.0256. The molecule has 0 aliphatic rings. The molecule has 76 valence electrons. The summed E-state index contributed by atoms with van der Waals surface area (Å²) in [6.07, 6.45) is -1.59. The molecule has 0 aliphatic heterocycles. The van der Waals surface area contributed by atoms with Gasteiger partial charge in [-0.25, -0.2) is 17.9 Å². The fourth-order valence-electron chi connectivity index (χ4n) is 1.03. The third kappa shape index (κ3) is 2.23. The molecule has 0 bridgehead atoms. The molecular weight excluding hydrogens is 206 g/mol. The van der Waals surface area contributed by atoms with Crippen LogP contribution in [0, 0.1) is 6.92 Å². The molecule has 0 fully saturated rings. The maximum Gasteiger partial charge on any atom is 0.418 e. The van der Waals surface area contributed by atoms with E-state index in [0.717, 1.165) is 0 Å². The first-order chi connectivity index (χ1) is 6.43. The van der Waals surface area contributed by atoms with Gasteiger partial charge in [0.05, 0.1) is 4.90 Å². The van der Waals surface area contributed by atoms with Crippen LogP contribution >= 0.6 is 0 Å². The smallest absolute Gasteiger partial charge is 0.418 e. The van der Waals surface area contributed by atoms with E-state index in [9.17, 15) is 13.2 Å². The lowest BCUT2D eigenvalue weighted by molar-refractivity contribution is 0.201.